The van der Waals surface area contributed by atoms with Crippen molar-refractivity contribution >= 4 is 11.6 Å². The van der Waals surface area contributed by atoms with Crippen LogP contribution in [-0.2, 0) is 16.4 Å². The quantitative estimate of drug-likeness (QED) is 0.442. The van der Waals surface area contributed by atoms with Crippen molar-refractivity contribution in [3.05, 3.63) is 89.9 Å². The van der Waals surface area contributed by atoms with Crippen LogP contribution in [0.2, 0.25) is 0 Å². The van der Waals surface area contributed by atoms with E-state index in [9.17, 15) is 23.1 Å². The highest BCUT2D eigenvalue weighted by Crippen LogP contribution is 2.40. The van der Waals surface area contributed by atoms with E-state index in [4.69, 9.17) is 0 Å². The Balaban J connectivity index is 1.84. The van der Waals surface area contributed by atoms with Gasteiger partial charge in [0.15, 0.2) is 5.65 Å². The molecule has 2 heterocycles. The van der Waals surface area contributed by atoms with Crippen LogP contribution in [-0.4, -0.2) is 25.7 Å². The predicted octanol–water partition coefficient (Wildman–Crippen LogP) is 5.56. The summed E-state index contributed by atoms with van der Waals surface area (Å²) in [6.45, 7) is 3.48. The average Bonchev–Trinajstić information content (AvgIpc) is 3.22. The third-order valence-corrected chi connectivity index (χ3v) is 6.07. The molecule has 0 bridgehead atoms. The highest BCUT2D eigenvalue weighted by molar-refractivity contribution is 5.83. The standard InChI is InChI=1S/C24H20F3N3O2/c1-15(16-6-4-3-5-7-16)23(2,22(31)32)20-12-13-28-21-19(14-29-30(20)21)17-8-10-18(11-9-17)24(25,26)27/h3-15H,1-2H3,(H,31,32)/t15?,23-/m0/s1. The van der Waals surface area contributed by atoms with Crippen LogP contribution in [0, 0.1) is 0 Å². The zero-order valence-corrected chi connectivity index (χ0v) is 17.3. The fourth-order valence-electron chi connectivity index (χ4n) is 3.92. The van der Waals surface area contributed by atoms with Crippen molar-refractivity contribution in [2.75, 3.05) is 0 Å². The number of aliphatic carboxylic acids is 1. The molecular formula is C24H20F3N3O2. The SMILES string of the molecule is CC(c1ccccc1)[C@](C)(C(=O)O)c1ccnc2c(-c3ccc(C(F)(F)F)cc3)cnn12. The maximum atomic E-state index is 12.9. The number of fused-ring (bicyclic) bond motifs is 1. The van der Waals surface area contributed by atoms with E-state index in [0.29, 0.717) is 22.5 Å². The van der Waals surface area contributed by atoms with Gasteiger partial charge >= 0.3 is 12.1 Å². The van der Waals surface area contributed by atoms with E-state index in [2.05, 4.69) is 10.1 Å². The Labute approximate surface area is 182 Å². The van der Waals surface area contributed by atoms with Gasteiger partial charge in [0, 0.05) is 17.7 Å². The third-order valence-electron chi connectivity index (χ3n) is 6.07. The van der Waals surface area contributed by atoms with Gasteiger partial charge in [0.05, 0.1) is 17.5 Å². The summed E-state index contributed by atoms with van der Waals surface area (Å²) in [5.74, 6) is -1.42. The zero-order valence-electron chi connectivity index (χ0n) is 17.3. The lowest BCUT2D eigenvalue weighted by molar-refractivity contribution is -0.144. The van der Waals surface area contributed by atoms with E-state index < -0.39 is 29.0 Å². The van der Waals surface area contributed by atoms with E-state index in [1.165, 1.54) is 29.0 Å². The highest BCUT2D eigenvalue weighted by atomic mass is 19.4. The molecule has 0 amide bonds. The molecular weight excluding hydrogens is 419 g/mol. The molecule has 5 nitrogen and oxygen atoms in total. The Morgan fingerprint density at radius 2 is 1.69 bits per heavy atom. The van der Waals surface area contributed by atoms with Crippen molar-refractivity contribution < 1.29 is 23.1 Å². The first-order valence-corrected chi connectivity index (χ1v) is 9.93. The molecule has 0 fully saturated rings. The first-order chi connectivity index (χ1) is 15.1. The highest BCUT2D eigenvalue weighted by Gasteiger charge is 2.44. The minimum absolute atomic E-state index is 0.370. The molecule has 0 aliphatic rings. The van der Waals surface area contributed by atoms with Crippen LogP contribution >= 0.6 is 0 Å². The second-order valence-corrected chi connectivity index (χ2v) is 7.84. The van der Waals surface area contributed by atoms with Gasteiger partial charge in [-0.1, -0.05) is 49.4 Å². The molecule has 2 aromatic heterocycles. The van der Waals surface area contributed by atoms with Crippen molar-refractivity contribution in [1.82, 2.24) is 14.6 Å². The van der Waals surface area contributed by atoms with Crippen LogP contribution < -0.4 is 0 Å². The molecule has 32 heavy (non-hydrogen) atoms. The zero-order chi connectivity index (χ0) is 23.1. The average molecular weight is 439 g/mol. The van der Waals surface area contributed by atoms with Gasteiger partial charge in [0.1, 0.15) is 5.41 Å². The van der Waals surface area contributed by atoms with Crippen molar-refractivity contribution in [3.63, 3.8) is 0 Å². The monoisotopic (exact) mass is 439 g/mol. The molecule has 0 spiro atoms. The first kappa shape index (κ1) is 21.5. The van der Waals surface area contributed by atoms with Gasteiger partial charge in [-0.3, -0.25) is 4.79 Å². The first-order valence-electron chi connectivity index (χ1n) is 9.93. The summed E-state index contributed by atoms with van der Waals surface area (Å²) in [5.41, 5.74) is 0.580. The Morgan fingerprint density at radius 1 is 1.03 bits per heavy atom. The molecule has 0 aliphatic carbocycles. The predicted molar refractivity (Wildman–Crippen MR) is 113 cm³/mol. The largest absolute Gasteiger partial charge is 0.481 e. The van der Waals surface area contributed by atoms with Gasteiger partial charge in [0.2, 0.25) is 0 Å². The third kappa shape index (κ3) is 3.51. The number of carbonyl (C=O) groups is 1. The molecule has 4 aromatic rings. The molecule has 2 atom stereocenters. The molecule has 0 saturated heterocycles. The maximum absolute atomic E-state index is 12.9. The van der Waals surface area contributed by atoms with Crippen LogP contribution in [0.5, 0.6) is 0 Å². The van der Waals surface area contributed by atoms with Crippen molar-refractivity contribution in [1.29, 1.82) is 0 Å². The topological polar surface area (TPSA) is 67.5 Å². The summed E-state index contributed by atoms with van der Waals surface area (Å²) in [7, 11) is 0. The number of benzene rings is 2. The number of hydrogen-bond donors (Lipinski definition) is 1. The Bertz CT molecular complexity index is 1270. The number of carboxylic acid groups (broad SMARTS) is 1. The van der Waals surface area contributed by atoms with E-state index in [1.807, 2.05) is 37.3 Å². The second kappa shape index (κ2) is 7.78. The molecule has 0 aliphatic heterocycles. The van der Waals surface area contributed by atoms with Crippen LogP contribution in [0.4, 0.5) is 13.2 Å². The lowest BCUT2D eigenvalue weighted by Crippen LogP contribution is -2.39. The summed E-state index contributed by atoms with van der Waals surface area (Å²) in [6, 6.07) is 15.7. The number of alkyl halides is 3. The summed E-state index contributed by atoms with van der Waals surface area (Å²) in [5, 5.41) is 14.6. The van der Waals surface area contributed by atoms with Crippen LogP contribution in [0.25, 0.3) is 16.8 Å². The molecule has 8 heteroatoms. The molecule has 1 N–H and O–H groups in total. The molecule has 1 unspecified atom stereocenters. The fourth-order valence-corrected chi connectivity index (χ4v) is 3.92. The number of rotatable bonds is 5. The normalized spacial score (nSPS) is 14.8. The number of aromatic nitrogens is 3. The lowest BCUT2D eigenvalue weighted by Gasteiger charge is -2.32. The summed E-state index contributed by atoms with van der Waals surface area (Å²) in [4.78, 5) is 16.9. The number of nitrogens with zero attached hydrogens (tertiary/aromatic N) is 3. The molecule has 164 valence electrons. The lowest BCUT2D eigenvalue weighted by atomic mass is 9.72. The molecule has 0 radical (unpaired) electrons. The maximum Gasteiger partial charge on any atom is 0.416 e. The summed E-state index contributed by atoms with van der Waals surface area (Å²) in [6.07, 6.45) is -1.44. The van der Waals surface area contributed by atoms with Crippen molar-refractivity contribution in [2.45, 2.75) is 31.4 Å². The number of halogens is 3. The van der Waals surface area contributed by atoms with Crippen molar-refractivity contribution in [2.24, 2.45) is 0 Å². The van der Waals surface area contributed by atoms with Gasteiger partial charge in [0.25, 0.3) is 0 Å². The minimum atomic E-state index is -4.43. The van der Waals surface area contributed by atoms with E-state index in [-0.39, 0.29) is 0 Å². The summed E-state index contributed by atoms with van der Waals surface area (Å²) >= 11 is 0. The van der Waals surface area contributed by atoms with E-state index >= 15 is 0 Å². The van der Waals surface area contributed by atoms with Gasteiger partial charge in [-0.2, -0.15) is 18.3 Å². The van der Waals surface area contributed by atoms with Crippen molar-refractivity contribution in [3.8, 4) is 11.1 Å². The van der Waals surface area contributed by atoms with E-state index in [0.717, 1.165) is 17.7 Å². The van der Waals surface area contributed by atoms with Gasteiger partial charge in [-0.25, -0.2) is 9.50 Å². The molecule has 0 saturated carbocycles. The summed E-state index contributed by atoms with van der Waals surface area (Å²) < 4.78 is 40.2. The molecule has 2 aromatic carbocycles. The van der Waals surface area contributed by atoms with Crippen LogP contribution in [0.1, 0.15) is 36.6 Å². The Morgan fingerprint density at radius 3 is 2.28 bits per heavy atom. The van der Waals surface area contributed by atoms with Gasteiger partial charge in [-0.05, 0) is 36.2 Å². The Kier molecular flexibility index (Phi) is 5.24. The second-order valence-electron chi connectivity index (χ2n) is 7.84. The number of carboxylic acids is 1. The molecule has 4 rings (SSSR count). The smallest absolute Gasteiger partial charge is 0.416 e. The minimum Gasteiger partial charge on any atom is -0.481 e. The fraction of sp³-hybridized carbons (Fsp3) is 0.208. The number of hydrogen-bond acceptors (Lipinski definition) is 3. The van der Waals surface area contributed by atoms with Gasteiger partial charge in [-0.15, -0.1) is 0 Å². The van der Waals surface area contributed by atoms with Crippen LogP contribution in [0.3, 0.4) is 0 Å². The van der Waals surface area contributed by atoms with Gasteiger partial charge < -0.3 is 5.11 Å². The van der Waals surface area contributed by atoms with E-state index in [1.54, 1.807) is 13.0 Å². The van der Waals surface area contributed by atoms with Crippen LogP contribution in [0.15, 0.2) is 73.1 Å². The Hall–Kier alpha value is -3.68.